The first kappa shape index (κ1) is 10.7. The van der Waals surface area contributed by atoms with Crippen LogP contribution in [0.2, 0.25) is 0 Å². The number of hydrogen-bond donors (Lipinski definition) is 2. The number of nitrogens with two attached hydrogens (primary N) is 1. The van der Waals surface area contributed by atoms with E-state index in [1.165, 1.54) is 0 Å². The Bertz CT molecular complexity index is 425. The lowest BCUT2D eigenvalue weighted by molar-refractivity contribution is -0.117. The van der Waals surface area contributed by atoms with Gasteiger partial charge in [0.2, 0.25) is 11.8 Å². The Labute approximate surface area is 93.8 Å². The molecule has 1 aromatic carbocycles. The summed E-state index contributed by atoms with van der Waals surface area (Å²) in [5, 5.41) is 2.81. The summed E-state index contributed by atoms with van der Waals surface area (Å²) in [6, 6.07) is 6.58. The molecular weight excluding hydrogens is 204 g/mol. The van der Waals surface area contributed by atoms with E-state index in [1.807, 2.05) is 0 Å². The molecule has 0 bridgehead atoms. The molecule has 0 heterocycles. The first-order valence-corrected chi connectivity index (χ1v) is 5.28. The van der Waals surface area contributed by atoms with Gasteiger partial charge in [0.05, 0.1) is 0 Å². The molecule has 0 saturated heterocycles. The Kier molecular flexibility index (Phi) is 2.64. The number of carbonyl (C=O) groups is 2. The molecular formula is C12H14N2O2. The zero-order valence-corrected chi connectivity index (χ0v) is 9.07. The van der Waals surface area contributed by atoms with Crippen LogP contribution in [0.3, 0.4) is 0 Å². The van der Waals surface area contributed by atoms with Gasteiger partial charge in [-0.3, -0.25) is 9.59 Å². The Balaban J connectivity index is 2.00. The van der Waals surface area contributed by atoms with Crippen molar-refractivity contribution in [3.05, 3.63) is 29.8 Å². The van der Waals surface area contributed by atoms with Gasteiger partial charge in [0, 0.05) is 17.2 Å². The molecule has 1 saturated carbocycles. The molecule has 0 spiro atoms. The highest BCUT2D eigenvalue weighted by Gasteiger charge is 2.38. The highest BCUT2D eigenvalue weighted by molar-refractivity contribution is 5.96. The molecule has 1 aliphatic carbocycles. The molecule has 4 nitrogen and oxygen atoms in total. The lowest BCUT2D eigenvalue weighted by Gasteiger charge is -2.04. The summed E-state index contributed by atoms with van der Waals surface area (Å²) in [6.07, 6.45) is 0.963. The van der Waals surface area contributed by atoms with Gasteiger partial charge in [-0.15, -0.1) is 0 Å². The highest BCUT2D eigenvalue weighted by atomic mass is 16.2. The van der Waals surface area contributed by atoms with E-state index in [-0.39, 0.29) is 11.8 Å². The molecule has 3 N–H and O–H groups in total. The Morgan fingerprint density at radius 2 is 1.88 bits per heavy atom. The number of carbonyl (C=O) groups excluding carboxylic acids is 2. The number of rotatable bonds is 3. The number of amides is 2. The minimum atomic E-state index is -0.464. The van der Waals surface area contributed by atoms with Gasteiger partial charge in [0.15, 0.2) is 0 Å². The molecule has 0 aliphatic heterocycles. The molecule has 0 aromatic heterocycles. The van der Waals surface area contributed by atoms with Crippen molar-refractivity contribution >= 4 is 17.5 Å². The molecule has 16 heavy (non-hydrogen) atoms. The standard InChI is InChI=1S/C12H14N2O2/c1-7-6-10(7)12(16)14-9-4-2-8(3-5-9)11(13)15/h2-5,7,10H,6H2,1H3,(H2,13,15)(H,14,16)/t7-,10+/m1/s1. The van der Waals surface area contributed by atoms with Gasteiger partial charge in [0.25, 0.3) is 0 Å². The van der Waals surface area contributed by atoms with Gasteiger partial charge in [-0.1, -0.05) is 6.92 Å². The molecule has 1 fully saturated rings. The third-order valence-corrected chi connectivity index (χ3v) is 2.88. The first-order valence-electron chi connectivity index (χ1n) is 5.28. The Morgan fingerprint density at radius 3 is 2.31 bits per heavy atom. The van der Waals surface area contributed by atoms with E-state index in [4.69, 9.17) is 5.73 Å². The van der Waals surface area contributed by atoms with Gasteiger partial charge in [-0.2, -0.15) is 0 Å². The van der Waals surface area contributed by atoms with Crippen LogP contribution in [0.15, 0.2) is 24.3 Å². The topological polar surface area (TPSA) is 72.2 Å². The maximum absolute atomic E-state index is 11.6. The van der Waals surface area contributed by atoms with Crippen molar-refractivity contribution in [1.82, 2.24) is 0 Å². The maximum atomic E-state index is 11.6. The van der Waals surface area contributed by atoms with Crippen LogP contribution >= 0.6 is 0 Å². The number of nitrogens with one attached hydrogen (secondary N) is 1. The lowest BCUT2D eigenvalue weighted by atomic mass is 10.2. The number of primary amides is 1. The Morgan fingerprint density at radius 1 is 1.31 bits per heavy atom. The van der Waals surface area contributed by atoms with E-state index >= 15 is 0 Å². The van der Waals surface area contributed by atoms with E-state index in [0.717, 1.165) is 6.42 Å². The SMILES string of the molecule is C[C@@H]1C[C@@H]1C(=O)Nc1ccc(C(N)=O)cc1. The fraction of sp³-hybridized carbons (Fsp3) is 0.333. The number of hydrogen-bond acceptors (Lipinski definition) is 2. The third kappa shape index (κ3) is 2.21. The maximum Gasteiger partial charge on any atom is 0.248 e. The molecule has 2 amide bonds. The minimum absolute atomic E-state index is 0.0549. The quantitative estimate of drug-likeness (QED) is 0.804. The van der Waals surface area contributed by atoms with Gasteiger partial charge in [-0.25, -0.2) is 0 Å². The molecule has 1 aliphatic rings. The van der Waals surface area contributed by atoms with Gasteiger partial charge < -0.3 is 11.1 Å². The van der Waals surface area contributed by atoms with Crippen LogP contribution in [0, 0.1) is 11.8 Å². The summed E-state index contributed by atoms with van der Waals surface area (Å²) in [5.41, 5.74) is 6.26. The molecule has 1 aromatic rings. The molecule has 2 rings (SSSR count). The predicted octanol–water partition coefficient (Wildman–Crippen LogP) is 1.38. The van der Waals surface area contributed by atoms with Crippen molar-refractivity contribution in [1.29, 1.82) is 0 Å². The molecule has 0 radical (unpaired) electrons. The fourth-order valence-corrected chi connectivity index (χ4v) is 1.64. The van der Waals surface area contributed by atoms with E-state index < -0.39 is 5.91 Å². The second kappa shape index (κ2) is 3.96. The summed E-state index contributed by atoms with van der Waals surface area (Å²) >= 11 is 0. The molecule has 4 heteroatoms. The van der Waals surface area contributed by atoms with Crippen LogP contribution in [-0.4, -0.2) is 11.8 Å². The Hall–Kier alpha value is -1.84. The number of anilines is 1. The minimum Gasteiger partial charge on any atom is -0.366 e. The van der Waals surface area contributed by atoms with E-state index in [1.54, 1.807) is 24.3 Å². The zero-order valence-electron chi connectivity index (χ0n) is 9.07. The van der Waals surface area contributed by atoms with Crippen LogP contribution in [0.1, 0.15) is 23.7 Å². The van der Waals surface area contributed by atoms with Crippen LogP contribution in [0.4, 0.5) is 5.69 Å². The normalized spacial score (nSPS) is 22.6. The van der Waals surface area contributed by atoms with Crippen molar-refractivity contribution in [2.45, 2.75) is 13.3 Å². The largest absolute Gasteiger partial charge is 0.366 e. The van der Waals surface area contributed by atoms with Gasteiger partial charge in [0.1, 0.15) is 0 Å². The van der Waals surface area contributed by atoms with E-state index in [2.05, 4.69) is 12.2 Å². The smallest absolute Gasteiger partial charge is 0.248 e. The highest BCUT2D eigenvalue weighted by Crippen LogP contribution is 2.38. The van der Waals surface area contributed by atoms with Crippen molar-refractivity contribution in [3.63, 3.8) is 0 Å². The second-order valence-corrected chi connectivity index (χ2v) is 4.25. The summed E-state index contributed by atoms with van der Waals surface area (Å²) in [5.74, 6) is 0.230. The van der Waals surface area contributed by atoms with Crippen molar-refractivity contribution in [2.24, 2.45) is 17.6 Å². The predicted molar refractivity (Wildman–Crippen MR) is 60.9 cm³/mol. The van der Waals surface area contributed by atoms with Crippen LogP contribution in [-0.2, 0) is 4.79 Å². The summed E-state index contributed by atoms with van der Waals surface area (Å²) in [6.45, 7) is 2.06. The second-order valence-electron chi connectivity index (χ2n) is 4.25. The van der Waals surface area contributed by atoms with E-state index in [0.29, 0.717) is 17.2 Å². The lowest BCUT2D eigenvalue weighted by Crippen LogP contribution is -2.15. The first-order chi connectivity index (χ1) is 7.58. The summed E-state index contributed by atoms with van der Waals surface area (Å²) in [7, 11) is 0. The average Bonchev–Trinajstić information content (AvgIpc) is 2.96. The van der Waals surface area contributed by atoms with Crippen LogP contribution in [0.5, 0.6) is 0 Å². The number of benzene rings is 1. The molecule has 0 unspecified atom stereocenters. The average molecular weight is 218 g/mol. The van der Waals surface area contributed by atoms with Gasteiger partial charge >= 0.3 is 0 Å². The molecule has 2 atom stereocenters. The van der Waals surface area contributed by atoms with Crippen LogP contribution in [0.25, 0.3) is 0 Å². The molecule has 84 valence electrons. The van der Waals surface area contributed by atoms with E-state index in [9.17, 15) is 9.59 Å². The third-order valence-electron chi connectivity index (χ3n) is 2.88. The van der Waals surface area contributed by atoms with Crippen LogP contribution < -0.4 is 11.1 Å². The van der Waals surface area contributed by atoms with Crippen molar-refractivity contribution in [2.75, 3.05) is 5.32 Å². The monoisotopic (exact) mass is 218 g/mol. The fourth-order valence-electron chi connectivity index (χ4n) is 1.64. The summed E-state index contributed by atoms with van der Waals surface area (Å²) < 4.78 is 0. The van der Waals surface area contributed by atoms with Crippen molar-refractivity contribution < 1.29 is 9.59 Å². The zero-order chi connectivity index (χ0) is 11.7. The van der Waals surface area contributed by atoms with Gasteiger partial charge in [-0.05, 0) is 36.6 Å². The van der Waals surface area contributed by atoms with Crippen molar-refractivity contribution in [3.8, 4) is 0 Å². The summed E-state index contributed by atoms with van der Waals surface area (Å²) in [4.78, 5) is 22.4.